The molecule has 1 aliphatic heterocycles. The second-order valence-electron chi connectivity index (χ2n) is 2.84. The van der Waals surface area contributed by atoms with Gasteiger partial charge in [-0.25, -0.2) is 0 Å². The molecule has 4 nitrogen and oxygen atoms in total. The largest absolute Gasteiger partial charge is 0.204 e. The van der Waals surface area contributed by atoms with Gasteiger partial charge in [0.15, 0.2) is 5.70 Å². The summed E-state index contributed by atoms with van der Waals surface area (Å²) >= 11 is 0. The molecular formula is C9H13N4+. The molecule has 0 saturated heterocycles. The molecule has 13 heavy (non-hydrogen) atoms. The third-order valence-corrected chi connectivity index (χ3v) is 1.71. The van der Waals surface area contributed by atoms with Gasteiger partial charge in [0, 0.05) is 11.2 Å². The van der Waals surface area contributed by atoms with Gasteiger partial charge >= 0.3 is 0 Å². The van der Waals surface area contributed by atoms with E-state index >= 15 is 0 Å². The van der Waals surface area contributed by atoms with Gasteiger partial charge in [0.25, 0.3) is 0 Å². The van der Waals surface area contributed by atoms with Crippen LogP contribution in [-0.4, -0.2) is 22.7 Å². The fourth-order valence-electron chi connectivity index (χ4n) is 1.00. The van der Waals surface area contributed by atoms with Gasteiger partial charge < -0.3 is 0 Å². The van der Waals surface area contributed by atoms with Crippen molar-refractivity contribution < 1.29 is 4.81 Å². The van der Waals surface area contributed by atoms with E-state index in [1.165, 1.54) is 9.92 Å². The van der Waals surface area contributed by atoms with E-state index in [0.717, 1.165) is 17.0 Å². The zero-order valence-corrected chi connectivity index (χ0v) is 7.91. The standard InChI is InChI=1S/C9H13N4/c1-5-8-6-9(7(2)3)13(10)12(4)11-8/h5-6,10H,1-2H2,3-4H3/q+1. The molecular weight excluding hydrogens is 164 g/mol. The molecule has 0 aromatic heterocycles. The van der Waals surface area contributed by atoms with Crippen molar-refractivity contribution >= 4 is 5.71 Å². The monoisotopic (exact) mass is 177 g/mol. The normalized spacial score (nSPS) is 16.5. The summed E-state index contributed by atoms with van der Waals surface area (Å²) < 4.78 is 0. The van der Waals surface area contributed by atoms with Crippen LogP contribution in [0.4, 0.5) is 0 Å². The van der Waals surface area contributed by atoms with E-state index in [4.69, 9.17) is 5.53 Å². The van der Waals surface area contributed by atoms with E-state index in [0.29, 0.717) is 0 Å². The van der Waals surface area contributed by atoms with Gasteiger partial charge in [0.2, 0.25) is 5.71 Å². The lowest BCUT2D eigenvalue weighted by atomic mass is 10.2. The summed E-state index contributed by atoms with van der Waals surface area (Å²) in [6, 6.07) is 0. The predicted octanol–water partition coefficient (Wildman–Crippen LogP) is 1.89. The molecule has 1 N–H and O–H groups in total. The first-order chi connectivity index (χ1) is 6.06. The third-order valence-electron chi connectivity index (χ3n) is 1.71. The SMILES string of the molecule is C=CC1=NN(C)[N+](=N)C(C(=C)C)=C1. The lowest BCUT2D eigenvalue weighted by molar-refractivity contribution is -0.718. The quantitative estimate of drug-likeness (QED) is 0.643. The Morgan fingerprint density at radius 1 is 1.77 bits per heavy atom. The lowest BCUT2D eigenvalue weighted by Crippen LogP contribution is -2.29. The molecule has 1 rings (SSSR count). The summed E-state index contributed by atoms with van der Waals surface area (Å²) in [5.74, 6) is 0. The molecule has 0 amide bonds. The highest BCUT2D eigenvalue weighted by atomic mass is 15.8. The highest BCUT2D eigenvalue weighted by Crippen LogP contribution is 2.14. The number of nitrogens with zero attached hydrogens (tertiary/aromatic N) is 3. The maximum atomic E-state index is 7.62. The molecule has 0 aromatic carbocycles. The van der Waals surface area contributed by atoms with E-state index in [1.54, 1.807) is 19.2 Å². The van der Waals surface area contributed by atoms with Gasteiger partial charge in [-0.2, -0.15) is 0 Å². The number of allylic oxidation sites excluding steroid dienone is 3. The summed E-state index contributed by atoms with van der Waals surface area (Å²) in [4.78, 5) is 1.19. The molecule has 4 heteroatoms. The first-order valence-corrected chi connectivity index (χ1v) is 3.90. The number of nitrogens with one attached hydrogen (secondary N) is 1. The van der Waals surface area contributed by atoms with Crippen molar-refractivity contribution in [2.75, 3.05) is 7.05 Å². The molecule has 0 unspecified atom stereocenters. The van der Waals surface area contributed by atoms with Gasteiger partial charge in [0.1, 0.15) is 0 Å². The topological polar surface area (TPSA) is 42.5 Å². The van der Waals surface area contributed by atoms with Crippen LogP contribution in [-0.2, 0) is 0 Å². The van der Waals surface area contributed by atoms with Crippen LogP contribution >= 0.6 is 0 Å². The zero-order valence-electron chi connectivity index (χ0n) is 7.91. The highest BCUT2D eigenvalue weighted by molar-refractivity contribution is 6.04. The Hall–Kier alpha value is -1.71. The number of hydrogen-bond acceptors (Lipinski definition) is 2. The van der Waals surface area contributed by atoms with Crippen LogP contribution in [0, 0.1) is 5.53 Å². The first-order valence-electron chi connectivity index (χ1n) is 3.90. The zero-order chi connectivity index (χ0) is 10.0. The third kappa shape index (κ3) is 1.72. The maximum absolute atomic E-state index is 7.62. The molecule has 0 radical (unpaired) electrons. The summed E-state index contributed by atoms with van der Waals surface area (Å²) in [6.07, 6.45) is 3.43. The van der Waals surface area contributed by atoms with Crippen molar-refractivity contribution in [3.05, 3.63) is 36.6 Å². The van der Waals surface area contributed by atoms with E-state index in [2.05, 4.69) is 18.3 Å². The highest BCUT2D eigenvalue weighted by Gasteiger charge is 2.23. The average molecular weight is 177 g/mol. The molecule has 0 fully saturated rings. The van der Waals surface area contributed by atoms with Crippen molar-refractivity contribution in [1.82, 2.24) is 5.12 Å². The Balaban J connectivity index is 3.13. The maximum Gasteiger partial charge on any atom is 0.204 e. The molecule has 0 aromatic rings. The Kier molecular flexibility index (Phi) is 2.41. The van der Waals surface area contributed by atoms with Crippen LogP contribution in [0.25, 0.3) is 0 Å². The predicted molar refractivity (Wildman–Crippen MR) is 51.3 cm³/mol. The van der Waals surface area contributed by atoms with Gasteiger partial charge in [-0.1, -0.05) is 13.2 Å². The van der Waals surface area contributed by atoms with E-state index in [9.17, 15) is 0 Å². The van der Waals surface area contributed by atoms with Gasteiger partial charge in [0.05, 0.1) is 7.05 Å². The van der Waals surface area contributed by atoms with Crippen LogP contribution in [0.5, 0.6) is 0 Å². The first kappa shape index (κ1) is 9.38. The number of rotatable bonds is 2. The van der Waals surface area contributed by atoms with Gasteiger partial charge in [-0.05, 0) is 28.5 Å². The minimum absolute atomic E-state index is 0.729. The fraction of sp³-hybridized carbons (Fsp3) is 0.222. The Morgan fingerprint density at radius 2 is 2.38 bits per heavy atom. The molecule has 68 valence electrons. The molecule has 0 saturated carbocycles. The van der Waals surface area contributed by atoms with Gasteiger partial charge in [-0.3, -0.25) is 0 Å². The number of hydrazine groups is 1. The summed E-state index contributed by atoms with van der Waals surface area (Å²) in [5, 5.41) is 5.50. The molecule has 0 aliphatic carbocycles. The van der Waals surface area contributed by atoms with Crippen molar-refractivity contribution in [2.45, 2.75) is 6.92 Å². The van der Waals surface area contributed by atoms with Crippen LogP contribution in [0.2, 0.25) is 0 Å². The van der Waals surface area contributed by atoms with E-state index in [1.807, 2.05) is 6.92 Å². The van der Waals surface area contributed by atoms with Crippen LogP contribution in [0.1, 0.15) is 6.92 Å². The second kappa shape index (κ2) is 3.35. The van der Waals surface area contributed by atoms with Crippen molar-refractivity contribution in [2.24, 2.45) is 5.10 Å². The van der Waals surface area contributed by atoms with Crippen LogP contribution in [0.15, 0.2) is 41.7 Å². The minimum Gasteiger partial charge on any atom is -0.112 e. The summed E-state index contributed by atoms with van der Waals surface area (Å²) in [7, 11) is 1.70. The van der Waals surface area contributed by atoms with Crippen LogP contribution < -0.4 is 0 Å². The lowest BCUT2D eigenvalue weighted by Gasteiger charge is -2.13. The fourth-order valence-corrected chi connectivity index (χ4v) is 1.00. The Bertz CT molecular complexity index is 336. The smallest absolute Gasteiger partial charge is 0.112 e. The molecule has 0 spiro atoms. The van der Waals surface area contributed by atoms with E-state index in [-0.39, 0.29) is 0 Å². The second-order valence-corrected chi connectivity index (χ2v) is 2.84. The van der Waals surface area contributed by atoms with Crippen LogP contribution in [0.3, 0.4) is 0 Å². The Morgan fingerprint density at radius 3 is 2.85 bits per heavy atom. The number of hydrazone groups is 1. The molecule has 1 aliphatic rings. The van der Waals surface area contributed by atoms with Crippen molar-refractivity contribution in [3.63, 3.8) is 0 Å². The average Bonchev–Trinajstić information content (AvgIpc) is 2.09. The van der Waals surface area contributed by atoms with Crippen molar-refractivity contribution in [1.29, 1.82) is 5.53 Å². The van der Waals surface area contributed by atoms with E-state index < -0.39 is 0 Å². The summed E-state index contributed by atoms with van der Waals surface area (Å²) in [6.45, 7) is 9.27. The van der Waals surface area contributed by atoms with Gasteiger partial charge in [-0.15, -0.1) is 5.53 Å². The molecule has 0 bridgehead atoms. The summed E-state index contributed by atoms with van der Waals surface area (Å²) in [5.41, 5.74) is 9.92. The Labute approximate surface area is 77.6 Å². The minimum atomic E-state index is 0.729. The molecule has 1 heterocycles. The van der Waals surface area contributed by atoms with Crippen molar-refractivity contribution in [3.8, 4) is 0 Å². The number of hydrogen-bond donors (Lipinski definition) is 1. The molecule has 0 atom stereocenters.